The highest BCUT2D eigenvalue weighted by atomic mass is 35.5. The monoisotopic (exact) mass is 272 g/mol. The molecule has 1 rings (SSSR count). The fourth-order valence-electron chi connectivity index (χ4n) is 1.52. The molecule has 0 saturated heterocycles. The van der Waals surface area contributed by atoms with Crippen LogP contribution in [0.5, 0.6) is 0 Å². The minimum atomic E-state index is -0.971. The molecule has 0 amide bonds. The van der Waals surface area contributed by atoms with Crippen LogP contribution in [0.2, 0.25) is 10.0 Å². The molecular weight excluding hydrogens is 259 g/mol. The lowest BCUT2D eigenvalue weighted by molar-refractivity contribution is -0.131. The molecule has 0 saturated carbocycles. The smallest absolute Gasteiger partial charge is 0.328 e. The molecule has 0 radical (unpaired) electrons. The molecule has 2 nitrogen and oxygen atoms in total. The normalized spacial score (nSPS) is 12.6. The van der Waals surface area contributed by atoms with Gasteiger partial charge in [0.1, 0.15) is 0 Å². The number of hydrogen-bond acceptors (Lipinski definition) is 1. The number of allylic oxidation sites excluding steroid dienone is 1. The van der Waals surface area contributed by atoms with Gasteiger partial charge >= 0.3 is 5.97 Å². The van der Waals surface area contributed by atoms with Crippen LogP contribution in [0.15, 0.2) is 24.3 Å². The van der Waals surface area contributed by atoms with Crippen LogP contribution in [0.4, 0.5) is 0 Å². The molecule has 1 aromatic rings. The number of halogens is 2. The SMILES string of the molecule is CC(C)(C)/C(=C\C(=O)O)c1ccc(Cl)c(Cl)c1. The van der Waals surface area contributed by atoms with Gasteiger partial charge in [-0.2, -0.15) is 0 Å². The van der Waals surface area contributed by atoms with Crippen molar-refractivity contribution in [3.05, 3.63) is 39.9 Å². The summed E-state index contributed by atoms with van der Waals surface area (Å²) in [5.74, 6) is -0.971. The van der Waals surface area contributed by atoms with Crippen molar-refractivity contribution in [2.45, 2.75) is 20.8 Å². The minimum absolute atomic E-state index is 0.282. The Labute approximate surface area is 111 Å². The number of rotatable bonds is 2. The quantitative estimate of drug-likeness (QED) is 0.805. The summed E-state index contributed by atoms with van der Waals surface area (Å²) in [6.45, 7) is 5.85. The van der Waals surface area contributed by atoms with E-state index in [0.29, 0.717) is 15.6 Å². The van der Waals surface area contributed by atoms with Crippen molar-refractivity contribution in [1.29, 1.82) is 0 Å². The zero-order chi connectivity index (χ0) is 13.2. The molecule has 1 N–H and O–H groups in total. The second-order valence-corrected chi connectivity index (χ2v) is 5.59. The van der Waals surface area contributed by atoms with E-state index >= 15 is 0 Å². The van der Waals surface area contributed by atoms with Crippen LogP contribution in [0.1, 0.15) is 26.3 Å². The lowest BCUT2D eigenvalue weighted by Crippen LogP contribution is -2.10. The summed E-state index contributed by atoms with van der Waals surface area (Å²) in [4.78, 5) is 10.8. The molecule has 0 aliphatic heterocycles. The number of carboxylic acid groups (broad SMARTS) is 1. The lowest BCUT2D eigenvalue weighted by Gasteiger charge is -2.23. The Balaban J connectivity index is 3.33. The first kappa shape index (κ1) is 14.1. The van der Waals surface area contributed by atoms with Crippen LogP contribution in [0, 0.1) is 5.41 Å². The summed E-state index contributed by atoms with van der Waals surface area (Å²) in [7, 11) is 0. The highest BCUT2D eigenvalue weighted by Gasteiger charge is 2.20. The van der Waals surface area contributed by atoms with Gasteiger partial charge in [0.15, 0.2) is 0 Å². The average Bonchev–Trinajstić information content (AvgIpc) is 2.17. The molecule has 0 aliphatic carbocycles. The van der Waals surface area contributed by atoms with E-state index in [4.69, 9.17) is 28.3 Å². The van der Waals surface area contributed by atoms with Gasteiger partial charge in [0.2, 0.25) is 0 Å². The molecule has 0 heterocycles. The van der Waals surface area contributed by atoms with Crippen LogP contribution in [0.3, 0.4) is 0 Å². The third-order valence-electron chi connectivity index (χ3n) is 2.31. The van der Waals surface area contributed by atoms with Gasteiger partial charge in [-0.25, -0.2) is 4.79 Å². The lowest BCUT2D eigenvalue weighted by atomic mass is 9.82. The maximum atomic E-state index is 10.8. The van der Waals surface area contributed by atoms with Gasteiger partial charge in [0.25, 0.3) is 0 Å². The number of carbonyl (C=O) groups is 1. The summed E-state index contributed by atoms with van der Waals surface area (Å²) in [5, 5.41) is 9.78. The Kier molecular flexibility index (Phi) is 4.23. The second kappa shape index (κ2) is 5.11. The topological polar surface area (TPSA) is 37.3 Å². The van der Waals surface area contributed by atoms with E-state index in [9.17, 15) is 4.79 Å². The molecule has 4 heteroatoms. The van der Waals surface area contributed by atoms with Crippen molar-refractivity contribution >= 4 is 34.7 Å². The Morgan fingerprint density at radius 1 is 1.24 bits per heavy atom. The van der Waals surface area contributed by atoms with Crippen molar-refractivity contribution in [1.82, 2.24) is 0 Å². The fourth-order valence-corrected chi connectivity index (χ4v) is 1.82. The Morgan fingerprint density at radius 3 is 2.24 bits per heavy atom. The Hall–Kier alpha value is -0.990. The van der Waals surface area contributed by atoms with Gasteiger partial charge in [0, 0.05) is 6.08 Å². The Morgan fingerprint density at radius 2 is 1.82 bits per heavy atom. The number of carboxylic acids is 1. The largest absolute Gasteiger partial charge is 0.478 e. The van der Waals surface area contributed by atoms with Gasteiger partial charge in [-0.05, 0) is 28.7 Å². The van der Waals surface area contributed by atoms with E-state index in [1.54, 1.807) is 18.2 Å². The Bertz CT molecular complexity index is 471. The van der Waals surface area contributed by atoms with E-state index in [-0.39, 0.29) is 5.41 Å². The number of hydrogen-bond donors (Lipinski definition) is 1. The van der Waals surface area contributed by atoms with Gasteiger partial charge < -0.3 is 5.11 Å². The summed E-state index contributed by atoms with van der Waals surface area (Å²) in [6.07, 6.45) is 1.21. The average molecular weight is 273 g/mol. The summed E-state index contributed by atoms with van der Waals surface area (Å²) in [5.41, 5.74) is 1.20. The van der Waals surface area contributed by atoms with Crippen LogP contribution in [0.25, 0.3) is 5.57 Å². The third-order valence-corrected chi connectivity index (χ3v) is 3.05. The number of benzene rings is 1. The van der Waals surface area contributed by atoms with Crippen LogP contribution in [-0.4, -0.2) is 11.1 Å². The first-order chi connectivity index (χ1) is 7.71. The fraction of sp³-hybridized carbons (Fsp3) is 0.308. The van der Waals surface area contributed by atoms with E-state index in [2.05, 4.69) is 0 Å². The zero-order valence-corrected chi connectivity index (χ0v) is 11.4. The standard InChI is InChI=1S/C13H14Cl2O2/c1-13(2,3)9(7-12(16)17)8-4-5-10(14)11(15)6-8/h4-7H,1-3H3,(H,16,17)/b9-7-. The molecule has 0 aromatic heterocycles. The van der Waals surface area contributed by atoms with Crippen LogP contribution < -0.4 is 0 Å². The minimum Gasteiger partial charge on any atom is -0.478 e. The molecule has 0 unspecified atom stereocenters. The molecule has 0 atom stereocenters. The summed E-state index contributed by atoms with van der Waals surface area (Å²) in [6, 6.07) is 5.12. The van der Waals surface area contributed by atoms with E-state index in [0.717, 1.165) is 5.56 Å². The predicted octanol–water partition coefficient (Wildman–Crippen LogP) is 4.51. The van der Waals surface area contributed by atoms with Gasteiger partial charge in [-0.1, -0.05) is 50.0 Å². The highest BCUT2D eigenvalue weighted by Crippen LogP contribution is 2.36. The van der Waals surface area contributed by atoms with Crippen molar-refractivity contribution in [2.24, 2.45) is 5.41 Å². The maximum Gasteiger partial charge on any atom is 0.328 e. The molecule has 92 valence electrons. The van der Waals surface area contributed by atoms with E-state index in [1.165, 1.54) is 6.08 Å². The van der Waals surface area contributed by atoms with Gasteiger partial charge in [-0.3, -0.25) is 0 Å². The van der Waals surface area contributed by atoms with Gasteiger partial charge in [0.05, 0.1) is 10.0 Å². The maximum absolute atomic E-state index is 10.8. The second-order valence-electron chi connectivity index (χ2n) is 4.78. The third kappa shape index (κ3) is 3.76. The molecule has 0 spiro atoms. The summed E-state index contributed by atoms with van der Waals surface area (Å²) >= 11 is 11.8. The zero-order valence-electron chi connectivity index (χ0n) is 9.92. The molecule has 0 aliphatic rings. The molecular formula is C13H14Cl2O2. The van der Waals surface area contributed by atoms with Crippen LogP contribution in [-0.2, 0) is 4.79 Å². The van der Waals surface area contributed by atoms with Crippen molar-refractivity contribution in [3.8, 4) is 0 Å². The summed E-state index contributed by atoms with van der Waals surface area (Å²) < 4.78 is 0. The first-order valence-electron chi connectivity index (χ1n) is 5.12. The number of aliphatic carboxylic acids is 1. The van der Waals surface area contributed by atoms with Gasteiger partial charge in [-0.15, -0.1) is 0 Å². The van der Waals surface area contributed by atoms with E-state index < -0.39 is 5.97 Å². The highest BCUT2D eigenvalue weighted by molar-refractivity contribution is 6.42. The molecule has 0 bridgehead atoms. The van der Waals surface area contributed by atoms with Crippen molar-refractivity contribution in [3.63, 3.8) is 0 Å². The van der Waals surface area contributed by atoms with E-state index in [1.807, 2.05) is 20.8 Å². The first-order valence-corrected chi connectivity index (χ1v) is 5.88. The van der Waals surface area contributed by atoms with Crippen LogP contribution >= 0.6 is 23.2 Å². The predicted molar refractivity (Wildman–Crippen MR) is 71.5 cm³/mol. The molecule has 17 heavy (non-hydrogen) atoms. The van der Waals surface area contributed by atoms with Crippen molar-refractivity contribution in [2.75, 3.05) is 0 Å². The molecule has 0 fully saturated rings. The van der Waals surface area contributed by atoms with Crippen molar-refractivity contribution < 1.29 is 9.90 Å². The molecule has 1 aromatic carbocycles.